The number of rotatable bonds is 6. The zero-order valence-electron chi connectivity index (χ0n) is 11.1. The minimum atomic E-state index is -3.45. The third-order valence-corrected chi connectivity index (χ3v) is 6.27. The van der Waals surface area contributed by atoms with E-state index in [9.17, 15) is 8.42 Å². The monoisotopic (exact) mass is 424 g/mol. The molecule has 0 spiro atoms. The zero-order valence-corrected chi connectivity index (χ0v) is 15.1. The second-order valence-corrected chi connectivity index (χ2v) is 8.38. The van der Waals surface area contributed by atoms with Crippen molar-refractivity contribution in [2.75, 3.05) is 26.2 Å². The number of likely N-dealkylation sites (tertiary alicyclic amines) is 1. The molecule has 0 aliphatic carbocycles. The molecule has 0 saturated carbocycles. The molecule has 0 radical (unpaired) electrons. The average Bonchev–Trinajstić information content (AvgIpc) is 2.90. The van der Waals surface area contributed by atoms with Crippen molar-refractivity contribution in [2.45, 2.75) is 24.2 Å². The molecule has 20 heavy (non-hydrogen) atoms. The van der Waals surface area contributed by atoms with Gasteiger partial charge in [-0.15, -0.1) is 0 Å². The van der Waals surface area contributed by atoms with Crippen molar-refractivity contribution in [2.24, 2.45) is 0 Å². The molecule has 0 aromatic heterocycles. The summed E-state index contributed by atoms with van der Waals surface area (Å²) in [7, 11) is -3.45. The summed E-state index contributed by atoms with van der Waals surface area (Å²) in [5, 5.41) is 0. The standard InChI is InChI=1S/C13H18Br2N2O2S/c14-11-4-5-12(15)13(10-11)20(18,19)16-6-3-9-17-7-1-2-8-17/h4-5,10,16H,1-3,6-9H2. The molecule has 4 nitrogen and oxygen atoms in total. The Hall–Kier alpha value is 0.0500. The first-order valence-corrected chi connectivity index (χ1v) is 9.73. The van der Waals surface area contributed by atoms with Gasteiger partial charge in [-0.1, -0.05) is 15.9 Å². The molecule has 0 atom stereocenters. The highest BCUT2D eigenvalue weighted by molar-refractivity contribution is 9.11. The van der Waals surface area contributed by atoms with Gasteiger partial charge in [0.25, 0.3) is 0 Å². The summed E-state index contributed by atoms with van der Waals surface area (Å²) < 4.78 is 28.4. The van der Waals surface area contributed by atoms with Crippen LogP contribution < -0.4 is 4.72 Å². The van der Waals surface area contributed by atoms with Gasteiger partial charge in [-0.25, -0.2) is 13.1 Å². The maximum Gasteiger partial charge on any atom is 0.241 e. The smallest absolute Gasteiger partial charge is 0.241 e. The lowest BCUT2D eigenvalue weighted by Crippen LogP contribution is -2.29. The van der Waals surface area contributed by atoms with Gasteiger partial charge in [0.1, 0.15) is 0 Å². The number of benzene rings is 1. The van der Waals surface area contributed by atoms with Gasteiger partial charge in [-0.2, -0.15) is 0 Å². The topological polar surface area (TPSA) is 49.4 Å². The van der Waals surface area contributed by atoms with Crippen LogP contribution in [0.15, 0.2) is 32.0 Å². The van der Waals surface area contributed by atoms with Gasteiger partial charge in [0.15, 0.2) is 0 Å². The van der Waals surface area contributed by atoms with Crippen LogP contribution in [0, 0.1) is 0 Å². The molecular formula is C13H18Br2N2O2S. The van der Waals surface area contributed by atoms with Gasteiger partial charge >= 0.3 is 0 Å². The molecule has 1 N–H and O–H groups in total. The number of hydrogen-bond acceptors (Lipinski definition) is 3. The molecule has 1 aliphatic rings. The predicted octanol–water partition coefficient (Wildman–Crippen LogP) is 2.98. The summed E-state index contributed by atoms with van der Waals surface area (Å²) in [6, 6.07) is 5.13. The number of sulfonamides is 1. The van der Waals surface area contributed by atoms with Crippen LogP contribution in [0.2, 0.25) is 0 Å². The minimum Gasteiger partial charge on any atom is -0.303 e. The van der Waals surface area contributed by atoms with E-state index in [1.165, 1.54) is 12.8 Å². The fraction of sp³-hybridized carbons (Fsp3) is 0.538. The Morgan fingerprint density at radius 2 is 1.90 bits per heavy atom. The van der Waals surface area contributed by atoms with Crippen LogP contribution in [0.3, 0.4) is 0 Å². The Balaban J connectivity index is 1.88. The molecule has 0 bridgehead atoms. The zero-order chi connectivity index (χ0) is 14.6. The quantitative estimate of drug-likeness (QED) is 0.712. The fourth-order valence-corrected chi connectivity index (χ4v) is 4.85. The first-order valence-electron chi connectivity index (χ1n) is 6.66. The van der Waals surface area contributed by atoms with Crippen LogP contribution in [0.5, 0.6) is 0 Å². The van der Waals surface area contributed by atoms with Gasteiger partial charge in [0.05, 0.1) is 4.90 Å². The van der Waals surface area contributed by atoms with E-state index in [1.807, 2.05) is 0 Å². The largest absolute Gasteiger partial charge is 0.303 e. The summed E-state index contributed by atoms with van der Waals surface area (Å²) >= 11 is 6.58. The number of nitrogens with one attached hydrogen (secondary N) is 1. The molecule has 7 heteroatoms. The first-order chi connectivity index (χ1) is 9.49. The van der Waals surface area contributed by atoms with E-state index >= 15 is 0 Å². The van der Waals surface area contributed by atoms with Crippen LogP contribution in [-0.4, -0.2) is 39.5 Å². The highest BCUT2D eigenvalue weighted by Crippen LogP contribution is 2.25. The molecule has 1 aromatic rings. The van der Waals surface area contributed by atoms with E-state index in [1.54, 1.807) is 18.2 Å². The van der Waals surface area contributed by atoms with Crippen molar-refractivity contribution in [1.29, 1.82) is 0 Å². The fourth-order valence-electron chi connectivity index (χ4n) is 2.28. The summed E-state index contributed by atoms with van der Waals surface area (Å²) in [6.07, 6.45) is 3.36. The van der Waals surface area contributed by atoms with Crippen molar-refractivity contribution in [1.82, 2.24) is 9.62 Å². The van der Waals surface area contributed by atoms with Crippen LogP contribution in [-0.2, 0) is 10.0 Å². The second-order valence-electron chi connectivity index (χ2n) is 4.87. The van der Waals surface area contributed by atoms with Crippen molar-refractivity contribution in [3.05, 3.63) is 27.1 Å². The van der Waals surface area contributed by atoms with Crippen molar-refractivity contribution >= 4 is 41.9 Å². The normalized spacial score (nSPS) is 16.7. The molecule has 1 heterocycles. The van der Waals surface area contributed by atoms with E-state index in [4.69, 9.17) is 0 Å². The second kappa shape index (κ2) is 7.35. The lowest BCUT2D eigenvalue weighted by molar-refractivity contribution is 0.334. The highest BCUT2D eigenvalue weighted by Gasteiger charge is 2.18. The summed E-state index contributed by atoms with van der Waals surface area (Å²) in [4.78, 5) is 2.65. The molecule has 1 fully saturated rings. The predicted molar refractivity (Wildman–Crippen MR) is 87.3 cm³/mol. The van der Waals surface area contributed by atoms with E-state index in [0.717, 1.165) is 30.5 Å². The van der Waals surface area contributed by atoms with Crippen LogP contribution >= 0.6 is 31.9 Å². The maximum atomic E-state index is 12.2. The Morgan fingerprint density at radius 3 is 2.60 bits per heavy atom. The van der Waals surface area contributed by atoms with Gasteiger partial charge in [0, 0.05) is 15.5 Å². The van der Waals surface area contributed by atoms with Crippen molar-refractivity contribution in [3.8, 4) is 0 Å². The molecule has 2 rings (SSSR count). The number of nitrogens with zero attached hydrogens (tertiary/aromatic N) is 1. The van der Waals surface area contributed by atoms with E-state index in [0.29, 0.717) is 11.0 Å². The Labute approximate surface area is 137 Å². The lowest BCUT2D eigenvalue weighted by atomic mass is 10.4. The summed E-state index contributed by atoms with van der Waals surface area (Å²) in [6.45, 7) is 3.72. The van der Waals surface area contributed by atoms with E-state index in [2.05, 4.69) is 41.5 Å². The third-order valence-electron chi connectivity index (χ3n) is 3.32. The molecule has 0 unspecified atom stereocenters. The Bertz CT molecular complexity index is 557. The third kappa shape index (κ3) is 4.53. The van der Waals surface area contributed by atoms with Crippen LogP contribution in [0.25, 0.3) is 0 Å². The Kier molecular flexibility index (Phi) is 6.04. The summed E-state index contributed by atoms with van der Waals surface area (Å²) in [5.41, 5.74) is 0. The maximum absolute atomic E-state index is 12.2. The van der Waals surface area contributed by atoms with Gasteiger partial charge in [0.2, 0.25) is 10.0 Å². The molecule has 1 aromatic carbocycles. The SMILES string of the molecule is O=S(=O)(NCCCN1CCCC1)c1cc(Br)ccc1Br. The first kappa shape index (κ1) is 16.4. The highest BCUT2D eigenvalue weighted by atomic mass is 79.9. The molecule has 1 aliphatic heterocycles. The molecular weight excluding hydrogens is 408 g/mol. The van der Waals surface area contributed by atoms with Gasteiger partial charge < -0.3 is 4.90 Å². The minimum absolute atomic E-state index is 0.271. The number of hydrogen-bond donors (Lipinski definition) is 1. The average molecular weight is 426 g/mol. The molecule has 1 saturated heterocycles. The molecule has 0 amide bonds. The van der Waals surface area contributed by atoms with Crippen molar-refractivity contribution in [3.63, 3.8) is 0 Å². The van der Waals surface area contributed by atoms with Gasteiger partial charge in [-0.3, -0.25) is 0 Å². The lowest BCUT2D eigenvalue weighted by Gasteiger charge is -2.14. The van der Waals surface area contributed by atoms with E-state index < -0.39 is 10.0 Å². The van der Waals surface area contributed by atoms with Crippen LogP contribution in [0.1, 0.15) is 19.3 Å². The summed E-state index contributed by atoms with van der Waals surface area (Å²) in [5.74, 6) is 0. The number of halogens is 2. The van der Waals surface area contributed by atoms with Crippen molar-refractivity contribution < 1.29 is 8.42 Å². The van der Waals surface area contributed by atoms with Gasteiger partial charge in [-0.05, 0) is 73.0 Å². The molecule has 112 valence electrons. The van der Waals surface area contributed by atoms with E-state index in [-0.39, 0.29) is 4.90 Å². The Morgan fingerprint density at radius 1 is 1.20 bits per heavy atom. The van der Waals surface area contributed by atoms with Crippen LogP contribution in [0.4, 0.5) is 0 Å².